The van der Waals surface area contributed by atoms with E-state index in [-0.39, 0.29) is 5.91 Å². The lowest BCUT2D eigenvalue weighted by atomic mass is 10.1. The molecule has 0 aliphatic rings. The minimum Gasteiger partial charge on any atom is -0.494 e. The largest absolute Gasteiger partial charge is 0.494 e. The fourth-order valence-electron chi connectivity index (χ4n) is 1.67. The molecule has 1 rings (SSSR count). The van der Waals surface area contributed by atoms with E-state index < -0.39 is 0 Å². The van der Waals surface area contributed by atoms with Crippen LogP contribution in [0.3, 0.4) is 0 Å². The summed E-state index contributed by atoms with van der Waals surface area (Å²) in [6.07, 6.45) is 3.50. The van der Waals surface area contributed by atoms with Crippen LogP contribution in [0.1, 0.15) is 38.7 Å². The van der Waals surface area contributed by atoms with Gasteiger partial charge in [-0.05, 0) is 37.5 Å². The Morgan fingerprint density at radius 3 is 2.56 bits per heavy atom. The predicted octanol–water partition coefficient (Wildman–Crippen LogP) is 2.93. The average Bonchev–Trinajstić information content (AvgIpc) is 2.39. The van der Waals surface area contributed by atoms with E-state index in [9.17, 15) is 4.79 Å². The van der Waals surface area contributed by atoms with Gasteiger partial charge in [-0.25, -0.2) is 0 Å². The number of carbonyl (C=O) groups excluding carboxylic acids is 1. The minimum atomic E-state index is 0.136. The molecule has 100 valence electrons. The number of rotatable bonds is 8. The van der Waals surface area contributed by atoms with E-state index in [1.807, 2.05) is 31.2 Å². The molecule has 1 aromatic carbocycles. The van der Waals surface area contributed by atoms with Gasteiger partial charge in [0.15, 0.2) is 0 Å². The van der Waals surface area contributed by atoms with Gasteiger partial charge in [0.25, 0.3) is 0 Å². The van der Waals surface area contributed by atoms with E-state index in [1.165, 1.54) is 5.56 Å². The Bertz CT molecular complexity index is 346. The predicted molar refractivity (Wildman–Crippen MR) is 73.8 cm³/mol. The topological polar surface area (TPSA) is 38.3 Å². The molecule has 0 radical (unpaired) electrons. The second-order valence-corrected chi connectivity index (χ2v) is 4.28. The molecule has 0 atom stereocenters. The summed E-state index contributed by atoms with van der Waals surface area (Å²) >= 11 is 0. The molecule has 0 fully saturated rings. The van der Waals surface area contributed by atoms with Crippen LogP contribution in [0.4, 0.5) is 0 Å². The molecule has 18 heavy (non-hydrogen) atoms. The Hall–Kier alpha value is -1.51. The van der Waals surface area contributed by atoms with Crippen molar-refractivity contribution in [3.05, 3.63) is 29.8 Å². The summed E-state index contributed by atoms with van der Waals surface area (Å²) in [6, 6.07) is 7.94. The summed E-state index contributed by atoms with van der Waals surface area (Å²) in [4.78, 5) is 11.5. The highest BCUT2D eigenvalue weighted by Crippen LogP contribution is 2.13. The van der Waals surface area contributed by atoms with Gasteiger partial charge in [-0.2, -0.15) is 0 Å². The van der Waals surface area contributed by atoms with Gasteiger partial charge in [-0.3, -0.25) is 4.79 Å². The molecule has 0 aromatic heterocycles. The molecule has 0 aliphatic heterocycles. The number of hydrogen-bond donors (Lipinski definition) is 1. The molecule has 0 unspecified atom stereocenters. The van der Waals surface area contributed by atoms with Crippen molar-refractivity contribution in [3.63, 3.8) is 0 Å². The van der Waals surface area contributed by atoms with Gasteiger partial charge >= 0.3 is 0 Å². The average molecular weight is 249 g/mol. The number of amides is 1. The zero-order chi connectivity index (χ0) is 13.2. The summed E-state index contributed by atoms with van der Waals surface area (Å²) in [7, 11) is 0. The SMILES string of the molecule is CCCCNC(=O)CCc1ccc(OCC)cc1. The molecule has 1 amide bonds. The Morgan fingerprint density at radius 2 is 1.94 bits per heavy atom. The Kier molecular flexibility index (Phi) is 6.92. The highest BCUT2D eigenvalue weighted by atomic mass is 16.5. The van der Waals surface area contributed by atoms with E-state index in [4.69, 9.17) is 4.74 Å². The van der Waals surface area contributed by atoms with Crippen LogP contribution in [-0.2, 0) is 11.2 Å². The first-order valence-electron chi connectivity index (χ1n) is 6.74. The molecule has 0 heterocycles. The summed E-state index contributed by atoms with van der Waals surface area (Å²) in [6.45, 7) is 5.55. The van der Waals surface area contributed by atoms with Gasteiger partial charge in [0.05, 0.1) is 6.61 Å². The molecule has 1 aromatic rings. The lowest BCUT2D eigenvalue weighted by Crippen LogP contribution is -2.24. The molecule has 1 N–H and O–H groups in total. The molecule has 0 saturated carbocycles. The van der Waals surface area contributed by atoms with Crippen LogP contribution < -0.4 is 10.1 Å². The highest BCUT2D eigenvalue weighted by molar-refractivity contribution is 5.76. The van der Waals surface area contributed by atoms with Crippen molar-refractivity contribution in [2.75, 3.05) is 13.2 Å². The molecule has 3 nitrogen and oxygen atoms in total. The van der Waals surface area contributed by atoms with E-state index in [0.29, 0.717) is 13.0 Å². The van der Waals surface area contributed by atoms with Gasteiger partial charge in [0.1, 0.15) is 5.75 Å². The first-order chi connectivity index (χ1) is 8.76. The maximum atomic E-state index is 11.5. The summed E-state index contributed by atoms with van der Waals surface area (Å²) in [5.74, 6) is 1.02. The van der Waals surface area contributed by atoms with Crippen LogP contribution in [0.2, 0.25) is 0 Å². The first kappa shape index (κ1) is 14.6. The summed E-state index contributed by atoms with van der Waals surface area (Å²) in [5.41, 5.74) is 1.17. The number of aryl methyl sites for hydroxylation is 1. The van der Waals surface area contributed by atoms with E-state index >= 15 is 0 Å². The van der Waals surface area contributed by atoms with E-state index in [0.717, 1.165) is 31.6 Å². The standard InChI is InChI=1S/C15H23NO2/c1-3-5-12-16-15(17)11-8-13-6-9-14(10-7-13)18-4-2/h6-7,9-10H,3-5,8,11-12H2,1-2H3,(H,16,17). The maximum Gasteiger partial charge on any atom is 0.220 e. The Balaban J connectivity index is 2.27. The lowest BCUT2D eigenvalue weighted by Gasteiger charge is -2.06. The minimum absolute atomic E-state index is 0.136. The summed E-state index contributed by atoms with van der Waals surface area (Å²) in [5, 5.41) is 2.92. The van der Waals surface area contributed by atoms with E-state index in [2.05, 4.69) is 12.2 Å². The van der Waals surface area contributed by atoms with Crippen molar-refractivity contribution in [3.8, 4) is 5.75 Å². The van der Waals surface area contributed by atoms with Crippen LogP contribution >= 0.6 is 0 Å². The Morgan fingerprint density at radius 1 is 1.22 bits per heavy atom. The lowest BCUT2D eigenvalue weighted by molar-refractivity contribution is -0.121. The molecule has 0 bridgehead atoms. The number of hydrogen-bond acceptors (Lipinski definition) is 2. The van der Waals surface area contributed by atoms with Gasteiger partial charge in [-0.1, -0.05) is 25.5 Å². The van der Waals surface area contributed by atoms with Crippen molar-refractivity contribution >= 4 is 5.91 Å². The van der Waals surface area contributed by atoms with Gasteiger partial charge in [0.2, 0.25) is 5.91 Å². The number of ether oxygens (including phenoxy) is 1. The molecular formula is C15H23NO2. The number of benzene rings is 1. The van der Waals surface area contributed by atoms with E-state index in [1.54, 1.807) is 0 Å². The van der Waals surface area contributed by atoms with Crippen LogP contribution in [0.15, 0.2) is 24.3 Å². The third-order valence-corrected chi connectivity index (χ3v) is 2.73. The van der Waals surface area contributed by atoms with Gasteiger partial charge in [-0.15, -0.1) is 0 Å². The quantitative estimate of drug-likeness (QED) is 0.719. The van der Waals surface area contributed by atoms with Crippen molar-refractivity contribution in [1.29, 1.82) is 0 Å². The zero-order valence-electron chi connectivity index (χ0n) is 11.4. The van der Waals surface area contributed by atoms with Crippen molar-refractivity contribution in [2.45, 2.75) is 39.5 Å². The number of nitrogens with one attached hydrogen (secondary N) is 1. The fraction of sp³-hybridized carbons (Fsp3) is 0.533. The third kappa shape index (κ3) is 5.71. The second kappa shape index (κ2) is 8.56. The number of unbranched alkanes of at least 4 members (excludes halogenated alkanes) is 1. The smallest absolute Gasteiger partial charge is 0.220 e. The highest BCUT2D eigenvalue weighted by Gasteiger charge is 2.01. The molecule has 0 saturated heterocycles. The third-order valence-electron chi connectivity index (χ3n) is 2.73. The van der Waals surface area contributed by atoms with Gasteiger partial charge < -0.3 is 10.1 Å². The number of carbonyl (C=O) groups is 1. The molecule has 0 aliphatic carbocycles. The molecule has 0 spiro atoms. The van der Waals surface area contributed by atoms with Crippen LogP contribution in [0, 0.1) is 0 Å². The monoisotopic (exact) mass is 249 g/mol. The van der Waals surface area contributed by atoms with Crippen molar-refractivity contribution < 1.29 is 9.53 Å². The van der Waals surface area contributed by atoms with Crippen molar-refractivity contribution in [2.24, 2.45) is 0 Å². The molecular weight excluding hydrogens is 226 g/mol. The summed E-state index contributed by atoms with van der Waals surface area (Å²) < 4.78 is 5.37. The first-order valence-corrected chi connectivity index (χ1v) is 6.74. The van der Waals surface area contributed by atoms with Crippen LogP contribution in [0.25, 0.3) is 0 Å². The van der Waals surface area contributed by atoms with Crippen LogP contribution in [-0.4, -0.2) is 19.1 Å². The second-order valence-electron chi connectivity index (χ2n) is 4.28. The van der Waals surface area contributed by atoms with Crippen molar-refractivity contribution in [1.82, 2.24) is 5.32 Å². The maximum absolute atomic E-state index is 11.5. The normalized spacial score (nSPS) is 10.1. The molecule has 3 heteroatoms. The van der Waals surface area contributed by atoms with Crippen LogP contribution in [0.5, 0.6) is 5.75 Å². The fourth-order valence-corrected chi connectivity index (χ4v) is 1.67. The van der Waals surface area contributed by atoms with Gasteiger partial charge in [0, 0.05) is 13.0 Å². The zero-order valence-corrected chi connectivity index (χ0v) is 11.4. The Labute approximate surface area is 110 Å².